The van der Waals surface area contributed by atoms with Gasteiger partial charge in [0.15, 0.2) is 0 Å². The molecule has 0 atom stereocenters. The van der Waals surface area contributed by atoms with E-state index in [1.807, 2.05) is 65.4 Å². The minimum absolute atomic E-state index is 0.107. The summed E-state index contributed by atoms with van der Waals surface area (Å²) in [5, 5.41) is 10.1. The Hall–Kier alpha value is -2.81. The molecule has 0 aliphatic carbocycles. The van der Waals surface area contributed by atoms with Gasteiger partial charge in [-0.2, -0.15) is 0 Å². The molecule has 0 unspecified atom stereocenters. The summed E-state index contributed by atoms with van der Waals surface area (Å²) < 4.78 is 1.98. The van der Waals surface area contributed by atoms with Crippen LogP contribution in [0, 0.1) is 0 Å². The van der Waals surface area contributed by atoms with E-state index in [-0.39, 0.29) is 5.57 Å². The highest BCUT2D eigenvalue weighted by molar-refractivity contribution is 6.18. The zero-order valence-corrected chi connectivity index (χ0v) is 10.8. The maximum atomic E-state index is 11.2. The normalized spacial score (nSPS) is 10.6. The lowest BCUT2D eigenvalue weighted by Crippen LogP contribution is -1.97. The molecule has 2 aromatic carbocycles. The van der Waals surface area contributed by atoms with Gasteiger partial charge in [-0.25, -0.2) is 4.79 Å². The molecule has 3 rings (SSSR count). The maximum absolute atomic E-state index is 11.2. The minimum atomic E-state index is -0.999. The number of hydrogen-bond acceptors (Lipinski definition) is 1. The summed E-state index contributed by atoms with van der Waals surface area (Å²) in [7, 11) is 0. The third-order valence-corrected chi connectivity index (χ3v) is 3.33. The molecule has 98 valence electrons. The van der Waals surface area contributed by atoms with Gasteiger partial charge in [-0.05, 0) is 18.2 Å². The van der Waals surface area contributed by atoms with E-state index in [1.165, 1.54) is 0 Å². The Labute approximate surface area is 116 Å². The smallest absolute Gasteiger partial charge is 0.335 e. The van der Waals surface area contributed by atoms with E-state index in [0.29, 0.717) is 5.56 Å². The number of para-hydroxylation sites is 2. The predicted octanol–water partition coefficient (Wildman–Crippen LogP) is 3.73. The summed E-state index contributed by atoms with van der Waals surface area (Å²) in [5.74, 6) is -0.999. The molecule has 0 amide bonds. The lowest BCUT2D eigenvalue weighted by molar-refractivity contribution is -0.130. The van der Waals surface area contributed by atoms with E-state index in [2.05, 4.69) is 6.58 Å². The van der Waals surface area contributed by atoms with Crippen LogP contribution in [0.5, 0.6) is 0 Å². The lowest BCUT2D eigenvalue weighted by Gasteiger charge is -2.04. The van der Waals surface area contributed by atoms with Crippen molar-refractivity contribution < 1.29 is 9.90 Å². The summed E-state index contributed by atoms with van der Waals surface area (Å²) in [5.41, 5.74) is 2.72. The van der Waals surface area contributed by atoms with E-state index in [4.69, 9.17) is 5.11 Å². The quantitative estimate of drug-likeness (QED) is 0.732. The van der Waals surface area contributed by atoms with Crippen LogP contribution in [0.2, 0.25) is 0 Å². The van der Waals surface area contributed by atoms with Gasteiger partial charge in [-0.3, -0.25) is 0 Å². The van der Waals surface area contributed by atoms with E-state index < -0.39 is 5.97 Å². The molecule has 1 N–H and O–H groups in total. The van der Waals surface area contributed by atoms with E-state index in [1.54, 1.807) is 0 Å². The standard InChI is InChI=1S/C17H13NO2/c1-12(17(19)20)15-11-18(13-7-3-2-4-8-13)16-10-6-5-9-14(15)16/h2-11H,1H2,(H,19,20). The summed E-state index contributed by atoms with van der Waals surface area (Å²) in [6.45, 7) is 3.67. The molecule has 0 saturated heterocycles. The van der Waals surface area contributed by atoms with Crippen molar-refractivity contribution >= 4 is 22.4 Å². The molecular weight excluding hydrogens is 250 g/mol. The van der Waals surface area contributed by atoms with Crippen LogP contribution in [0.25, 0.3) is 22.2 Å². The molecule has 0 radical (unpaired) electrons. The van der Waals surface area contributed by atoms with Crippen molar-refractivity contribution in [3.8, 4) is 5.69 Å². The number of carbonyl (C=O) groups is 1. The number of rotatable bonds is 3. The van der Waals surface area contributed by atoms with Crippen LogP contribution in [0.3, 0.4) is 0 Å². The van der Waals surface area contributed by atoms with Gasteiger partial charge in [-0.15, -0.1) is 0 Å². The van der Waals surface area contributed by atoms with Crippen LogP contribution in [0.15, 0.2) is 67.4 Å². The summed E-state index contributed by atoms with van der Waals surface area (Å²) >= 11 is 0. The van der Waals surface area contributed by atoms with Crippen molar-refractivity contribution in [1.82, 2.24) is 4.57 Å². The highest BCUT2D eigenvalue weighted by Gasteiger charge is 2.15. The van der Waals surface area contributed by atoms with Gasteiger partial charge < -0.3 is 9.67 Å². The summed E-state index contributed by atoms with van der Waals surface area (Å²) in [4.78, 5) is 11.2. The number of carboxylic acids is 1. The molecular formula is C17H13NO2. The van der Waals surface area contributed by atoms with Crippen molar-refractivity contribution in [2.24, 2.45) is 0 Å². The van der Waals surface area contributed by atoms with Gasteiger partial charge >= 0.3 is 5.97 Å². The Kier molecular flexibility index (Phi) is 2.88. The van der Waals surface area contributed by atoms with Crippen molar-refractivity contribution in [3.05, 3.63) is 72.9 Å². The second kappa shape index (κ2) is 4.70. The second-order valence-corrected chi connectivity index (χ2v) is 4.55. The van der Waals surface area contributed by atoms with Crippen LogP contribution in [0.1, 0.15) is 5.56 Å². The maximum Gasteiger partial charge on any atom is 0.335 e. The number of aromatic nitrogens is 1. The first kappa shape index (κ1) is 12.2. The van der Waals surface area contributed by atoms with Gasteiger partial charge in [0.25, 0.3) is 0 Å². The SMILES string of the molecule is C=C(C(=O)O)c1cn(-c2ccccc2)c2ccccc12. The molecule has 0 bridgehead atoms. The molecule has 0 fully saturated rings. The Morgan fingerprint density at radius 1 is 1.00 bits per heavy atom. The molecule has 1 aromatic heterocycles. The van der Waals surface area contributed by atoms with Crippen molar-refractivity contribution in [1.29, 1.82) is 0 Å². The van der Waals surface area contributed by atoms with Gasteiger partial charge in [0, 0.05) is 22.8 Å². The number of carboxylic acid groups (broad SMARTS) is 1. The topological polar surface area (TPSA) is 42.2 Å². The van der Waals surface area contributed by atoms with Gasteiger partial charge in [-0.1, -0.05) is 43.0 Å². The average molecular weight is 263 g/mol. The van der Waals surface area contributed by atoms with E-state index >= 15 is 0 Å². The summed E-state index contributed by atoms with van der Waals surface area (Å²) in [6.07, 6.45) is 1.83. The minimum Gasteiger partial charge on any atom is -0.478 e. The zero-order chi connectivity index (χ0) is 14.1. The Morgan fingerprint density at radius 3 is 2.35 bits per heavy atom. The molecule has 0 spiro atoms. The monoisotopic (exact) mass is 263 g/mol. The van der Waals surface area contributed by atoms with Crippen LogP contribution >= 0.6 is 0 Å². The molecule has 0 saturated carbocycles. The molecule has 0 aliphatic rings. The van der Waals surface area contributed by atoms with Crippen LogP contribution in [-0.2, 0) is 4.79 Å². The second-order valence-electron chi connectivity index (χ2n) is 4.55. The van der Waals surface area contributed by atoms with Crippen LogP contribution in [-0.4, -0.2) is 15.6 Å². The first-order valence-electron chi connectivity index (χ1n) is 6.26. The predicted molar refractivity (Wildman–Crippen MR) is 79.9 cm³/mol. The van der Waals surface area contributed by atoms with Gasteiger partial charge in [0.1, 0.15) is 0 Å². The van der Waals surface area contributed by atoms with Gasteiger partial charge in [0.05, 0.1) is 11.1 Å². The van der Waals surface area contributed by atoms with Crippen LogP contribution < -0.4 is 0 Å². The highest BCUT2D eigenvalue weighted by atomic mass is 16.4. The fourth-order valence-electron chi connectivity index (χ4n) is 2.34. The molecule has 20 heavy (non-hydrogen) atoms. The van der Waals surface area contributed by atoms with Gasteiger partial charge in [0.2, 0.25) is 0 Å². The number of hydrogen-bond donors (Lipinski definition) is 1. The number of fused-ring (bicyclic) bond motifs is 1. The average Bonchev–Trinajstić information content (AvgIpc) is 2.87. The highest BCUT2D eigenvalue weighted by Crippen LogP contribution is 2.29. The van der Waals surface area contributed by atoms with Crippen LogP contribution in [0.4, 0.5) is 0 Å². The summed E-state index contributed by atoms with van der Waals surface area (Å²) in [6, 6.07) is 17.6. The Balaban J connectivity index is 2.30. The largest absolute Gasteiger partial charge is 0.478 e. The third kappa shape index (κ3) is 1.89. The van der Waals surface area contributed by atoms with Crippen molar-refractivity contribution in [3.63, 3.8) is 0 Å². The van der Waals surface area contributed by atoms with E-state index in [9.17, 15) is 4.79 Å². The number of aliphatic carboxylic acids is 1. The lowest BCUT2D eigenvalue weighted by atomic mass is 10.1. The fraction of sp³-hybridized carbons (Fsp3) is 0. The number of nitrogens with zero attached hydrogens (tertiary/aromatic N) is 1. The van der Waals surface area contributed by atoms with Crippen molar-refractivity contribution in [2.45, 2.75) is 0 Å². The first-order chi connectivity index (χ1) is 9.68. The Morgan fingerprint density at radius 2 is 1.65 bits per heavy atom. The molecule has 3 nitrogen and oxygen atoms in total. The fourth-order valence-corrected chi connectivity index (χ4v) is 2.34. The molecule has 3 aromatic rings. The Bertz CT molecular complexity index is 800. The third-order valence-electron chi connectivity index (χ3n) is 3.33. The molecule has 1 heterocycles. The number of benzene rings is 2. The molecule has 3 heteroatoms. The van der Waals surface area contributed by atoms with E-state index in [0.717, 1.165) is 16.6 Å². The zero-order valence-electron chi connectivity index (χ0n) is 10.8. The molecule has 0 aliphatic heterocycles. The first-order valence-corrected chi connectivity index (χ1v) is 6.26. The van der Waals surface area contributed by atoms with Crippen molar-refractivity contribution in [2.75, 3.05) is 0 Å².